The summed E-state index contributed by atoms with van der Waals surface area (Å²) in [6, 6.07) is 0. The highest BCUT2D eigenvalue weighted by atomic mass is 16.7. The van der Waals surface area contributed by atoms with Gasteiger partial charge in [0, 0.05) is 32.2 Å². The van der Waals surface area contributed by atoms with E-state index in [1.807, 2.05) is 0 Å². The van der Waals surface area contributed by atoms with Crippen molar-refractivity contribution < 1.29 is 14.3 Å². The third-order valence-electron chi connectivity index (χ3n) is 6.61. The van der Waals surface area contributed by atoms with E-state index in [4.69, 9.17) is 9.47 Å². The Morgan fingerprint density at radius 2 is 1.88 bits per heavy atom. The zero-order chi connectivity index (χ0) is 16.4. The van der Waals surface area contributed by atoms with Crippen molar-refractivity contribution in [3.8, 4) is 0 Å². The van der Waals surface area contributed by atoms with Crippen molar-refractivity contribution in [3.63, 3.8) is 0 Å². The molecule has 5 heteroatoms. The van der Waals surface area contributed by atoms with Crippen molar-refractivity contribution in [2.24, 2.45) is 11.3 Å². The quantitative estimate of drug-likeness (QED) is 0.772. The molecular weight excluding hydrogens is 304 g/mol. The molecule has 24 heavy (non-hydrogen) atoms. The SMILES string of the molecule is O=C([C@H]1CC12CCN(CCO[C@@H]1CCCCO1)CC2)N1CCCC1. The smallest absolute Gasteiger partial charge is 0.226 e. The van der Waals surface area contributed by atoms with E-state index < -0.39 is 0 Å². The highest BCUT2D eigenvalue weighted by Crippen LogP contribution is 2.60. The van der Waals surface area contributed by atoms with Crippen LogP contribution in [0.2, 0.25) is 0 Å². The highest BCUT2D eigenvalue weighted by Gasteiger charge is 2.59. The molecule has 0 bridgehead atoms. The van der Waals surface area contributed by atoms with Gasteiger partial charge in [-0.1, -0.05) is 0 Å². The number of hydrogen-bond acceptors (Lipinski definition) is 4. The number of carbonyl (C=O) groups is 1. The van der Waals surface area contributed by atoms with Gasteiger partial charge in [0.15, 0.2) is 6.29 Å². The van der Waals surface area contributed by atoms with E-state index in [2.05, 4.69) is 9.80 Å². The Kier molecular flexibility index (Phi) is 5.11. The summed E-state index contributed by atoms with van der Waals surface area (Å²) in [6.45, 7) is 6.87. The molecule has 1 aliphatic carbocycles. The van der Waals surface area contributed by atoms with Gasteiger partial charge >= 0.3 is 0 Å². The van der Waals surface area contributed by atoms with Gasteiger partial charge in [-0.3, -0.25) is 4.79 Å². The van der Waals surface area contributed by atoms with E-state index in [0.29, 0.717) is 17.2 Å². The summed E-state index contributed by atoms with van der Waals surface area (Å²) >= 11 is 0. The summed E-state index contributed by atoms with van der Waals surface area (Å²) in [4.78, 5) is 17.2. The van der Waals surface area contributed by atoms with E-state index in [1.165, 1.54) is 38.5 Å². The molecule has 5 nitrogen and oxygen atoms in total. The number of piperidine rings is 1. The number of hydrogen-bond donors (Lipinski definition) is 0. The van der Waals surface area contributed by atoms with Gasteiger partial charge in [-0.2, -0.15) is 0 Å². The highest BCUT2D eigenvalue weighted by molar-refractivity contribution is 5.83. The monoisotopic (exact) mass is 336 g/mol. The van der Waals surface area contributed by atoms with Crippen molar-refractivity contribution in [1.82, 2.24) is 9.80 Å². The number of amides is 1. The molecule has 0 unspecified atom stereocenters. The summed E-state index contributed by atoms with van der Waals surface area (Å²) in [5, 5.41) is 0. The average molecular weight is 336 g/mol. The lowest BCUT2D eigenvalue weighted by Crippen LogP contribution is -2.39. The molecule has 4 aliphatic rings. The molecule has 4 rings (SSSR count). The first-order valence-corrected chi connectivity index (χ1v) is 10.0. The minimum absolute atomic E-state index is 0.0285. The molecule has 2 atom stereocenters. The molecule has 0 aromatic carbocycles. The Morgan fingerprint density at radius 1 is 1.08 bits per heavy atom. The largest absolute Gasteiger partial charge is 0.353 e. The van der Waals surface area contributed by atoms with Gasteiger partial charge in [0.05, 0.1) is 6.61 Å². The Hall–Kier alpha value is -0.650. The zero-order valence-corrected chi connectivity index (χ0v) is 14.9. The first kappa shape index (κ1) is 16.8. The van der Waals surface area contributed by atoms with Gasteiger partial charge in [0.2, 0.25) is 5.91 Å². The second-order valence-electron chi connectivity index (χ2n) is 8.16. The molecule has 0 N–H and O–H groups in total. The molecule has 1 saturated carbocycles. The lowest BCUT2D eigenvalue weighted by Gasteiger charge is -2.33. The van der Waals surface area contributed by atoms with Crippen LogP contribution in [0.15, 0.2) is 0 Å². The van der Waals surface area contributed by atoms with Gasteiger partial charge < -0.3 is 19.3 Å². The summed E-state index contributed by atoms with van der Waals surface area (Å²) in [7, 11) is 0. The molecular formula is C19H32N2O3. The van der Waals surface area contributed by atoms with Crippen LogP contribution in [0.25, 0.3) is 0 Å². The zero-order valence-electron chi connectivity index (χ0n) is 14.9. The van der Waals surface area contributed by atoms with Crippen molar-refractivity contribution in [3.05, 3.63) is 0 Å². The molecule has 3 heterocycles. The van der Waals surface area contributed by atoms with E-state index in [0.717, 1.165) is 58.8 Å². The Morgan fingerprint density at radius 3 is 2.58 bits per heavy atom. The molecule has 1 spiro atoms. The summed E-state index contributed by atoms with van der Waals surface area (Å²) < 4.78 is 11.5. The van der Waals surface area contributed by atoms with Crippen LogP contribution in [-0.4, -0.2) is 67.9 Å². The van der Waals surface area contributed by atoms with E-state index >= 15 is 0 Å². The second-order valence-corrected chi connectivity index (χ2v) is 8.16. The fourth-order valence-corrected chi connectivity index (χ4v) is 4.79. The van der Waals surface area contributed by atoms with Crippen LogP contribution >= 0.6 is 0 Å². The van der Waals surface area contributed by atoms with Gasteiger partial charge in [-0.25, -0.2) is 0 Å². The van der Waals surface area contributed by atoms with Crippen LogP contribution in [0.5, 0.6) is 0 Å². The number of nitrogens with zero attached hydrogens (tertiary/aromatic N) is 2. The van der Waals surface area contributed by atoms with Crippen molar-refractivity contribution in [1.29, 1.82) is 0 Å². The molecule has 0 aromatic heterocycles. The first-order valence-electron chi connectivity index (χ1n) is 10.0. The summed E-state index contributed by atoms with van der Waals surface area (Å²) in [5.74, 6) is 0.795. The maximum Gasteiger partial charge on any atom is 0.226 e. The normalized spacial score (nSPS) is 33.1. The number of likely N-dealkylation sites (tertiary alicyclic amines) is 2. The van der Waals surface area contributed by atoms with Crippen LogP contribution in [0.4, 0.5) is 0 Å². The summed E-state index contributed by atoms with van der Waals surface area (Å²) in [5.41, 5.74) is 0.351. The van der Waals surface area contributed by atoms with E-state index in [-0.39, 0.29) is 6.29 Å². The van der Waals surface area contributed by atoms with E-state index in [9.17, 15) is 4.79 Å². The van der Waals surface area contributed by atoms with Crippen molar-refractivity contribution in [2.45, 2.75) is 57.7 Å². The Balaban J connectivity index is 1.15. The van der Waals surface area contributed by atoms with Crippen molar-refractivity contribution in [2.75, 3.05) is 45.9 Å². The number of rotatable bonds is 5. The lowest BCUT2D eigenvalue weighted by atomic mass is 9.90. The minimum Gasteiger partial charge on any atom is -0.353 e. The molecule has 3 aliphatic heterocycles. The van der Waals surface area contributed by atoms with Gasteiger partial charge in [0.1, 0.15) is 0 Å². The van der Waals surface area contributed by atoms with Gasteiger partial charge in [-0.05, 0) is 69.9 Å². The maximum atomic E-state index is 12.6. The van der Waals surface area contributed by atoms with Crippen LogP contribution < -0.4 is 0 Å². The van der Waals surface area contributed by atoms with Crippen LogP contribution in [0, 0.1) is 11.3 Å². The topological polar surface area (TPSA) is 42.0 Å². The predicted octanol–water partition coefficient (Wildman–Crippen LogP) is 2.25. The van der Waals surface area contributed by atoms with Crippen LogP contribution in [0.1, 0.15) is 51.4 Å². The summed E-state index contributed by atoms with van der Waals surface area (Å²) in [6.07, 6.45) is 9.39. The lowest BCUT2D eigenvalue weighted by molar-refractivity contribution is -0.164. The van der Waals surface area contributed by atoms with E-state index in [1.54, 1.807) is 0 Å². The molecule has 136 valence electrons. The Bertz CT molecular complexity index is 436. The Labute approximate surface area is 145 Å². The average Bonchev–Trinajstić information content (AvgIpc) is 3.06. The minimum atomic E-state index is 0.0285. The second kappa shape index (κ2) is 7.30. The fraction of sp³-hybridized carbons (Fsp3) is 0.947. The number of ether oxygens (including phenoxy) is 2. The third kappa shape index (κ3) is 3.63. The molecule has 4 fully saturated rings. The maximum absolute atomic E-state index is 12.6. The standard InChI is InChI=1S/C19H32N2O3/c22-18(21-8-2-3-9-21)16-15-19(16)6-10-20(11-7-19)12-14-24-17-5-1-4-13-23-17/h16-17H,1-15H2/t16-,17-/m1/s1. The van der Waals surface area contributed by atoms with Gasteiger partial charge in [-0.15, -0.1) is 0 Å². The molecule has 1 amide bonds. The first-order chi connectivity index (χ1) is 11.8. The van der Waals surface area contributed by atoms with Gasteiger partial charge in [0.25, 0.3) is 0 Å². The number of carbonyl (C=O) groups excluding carboxylic acids is 1. The van der Waals surface area contributed by atoms with Crippen LogP contribution in [0.3, 0.4) is 0 Å². The molecule has 3 saturated heterocycles. The fourth-order valence-electron chi connectivity index (χ4n) is 4.79. The van der Waals surface area contributed by atoms with Crippen LogP contribution in [-0.2, 0) is 14.3 Å². The molecule has 0 aromatic rings. The third-order valence-corrected chi connectivity index (χ3v) is 6.61. The molecule has 0 radical (unpaired) electrons. The van der Waals surface area contributed by atoms with Crippen molar-refractivity contribution >= 4 is 5.91 Å². The predicted molar refractivity (Wildman–Crippen MR) is 91.6 cm³/mol.